The summed E-state index contributed by atoms with van der Waals surface area (Å²) in [4.78, 5) is 11.0. The van der Waals surface area contributed by atoms with Gasteiger partial charge in [0.1, 0.15) is 12.4 Å². The molecule has 0 saturated carbocycles. The molecule has 0 aliphatic rings. The third-order valence-corrected chi connectivity index (χ3v) is 2.96. The molecule has 98 valence electrons. The van der Waals surface area contributed by atoms with Crippen LogP contribution < -0.4 is 9.84 Å². The Morgan fingerprint density at radius 3 is 2.63 bits per heavy atom. The van der Waals surface area contributed by atoms with Crippen LogP contribution in [0.2, 0.25) is 0 Å². The number of benzene rings is 2. The van der Waals surface area contributed by atoms with E-state index in [1.54, 1.807) is 18.2 Å². The summed E-state index contributed by atoms with van der Waals surface area (Å²) < 4.78 is 5.70. The van der Waals surface area contributed by atoms with E-state index in [9.17, 15) is 9.90 Å². The van der Waals surface area contributed by atoms with Crippen molar-refractivity contribution in [3.05, 3.63) is 64.7 Å². The summed E-state index contributed by atoms with van der Waals surface area (Å²) in [6.45, 7) is 4.16. The van der Waals surface area contributed by atoms with Gasteiger partial charge in [0.2, 0.25) is 0 Å². The number of carboxylic acid groups (broad SMARTS) is 1. The molecule has 3 nitrogen and oxygen atoms in total. The summed E-state index contributed by atoms with van der Waals surface area (Å²) in [5.41, 5.74) is 2.92. The third-order valence-electron chi connectivity index (χ3n) is 2.96. The van der Waals surface area contributed by atoms with Crippen LogP contribution in [0.5, 0.6) is 5.75 Å². The minimum atomic E-state index is -1.18. The highest BCUT2D eigenvalue weighted by molar-refractivity contribution is 5.87. The molecule has 0 N–H and O–H groups in total. The quantitative estimate of drug-likeness (QED) is 0.842. The first kappa shape index (κ1) is 13.1. The van der Waals surface area contributed by atoms with Gasteiger partial charge in [0.25, 0.3) is 0 Å². The Hall–Kier alpha value is -2.29. The Morgan fingerprint density at radius 2 is 1.89 bits per heavy atom. The second-order valence-corrected chi connectivity index (χ2v) is 4.50. The molecule has 0 aliphatic heterocycles. The van der Waals surface area contributed by atoms with Crippen LogP contribution in [-0.4, -0.2) is 5.97 Å². The first-order chi connectivity index (χ1) is 9.08. The second-order valence-electron chi connectivity index (χ2n) is 4.50. The summed E-state index contributed by atoms with van der Waals surface area (Å²) in [5, 5.41) is 11.0. The number of aryl methyl sites for hydroxylation is 2. The molecule has 0 unspecified atom stereocenters. The molecular weight excluding hydrogens is 240 g/mol. The van der Waals surface area contributed by atoms with Gasteiger partial charge in [0.05, 0.1) is 5.97 Å². The van der Waals surface area contributed by atoms with E-state index in [4.69, 9.17) is 4.74 Å². The number of carboxylic acids is 1. The summed E-state index contributed by atoms with van der Waals surface area (Å²) in [6.07, 6.45) is 0. The van der Waals surface area contributed by atoms with Crippen molar-refractivity contribution >= 4 is 5.97 Å². The zero-order chi connectivity index (χ0) is 13.8. The van der Waals surface area contributed by atoms with Crippen LogP contribution in [0.3, 0.4) is 0 Å². The van der Waals surface area contributed by atoms with Crippen molar-refractivity contribution < 1.29 is 14.6 Å². The van der Waals surface area contributed by atoms with E-state index in [1.807, 2.05) is 32.0 Å². The number of hydrogen-bond donors (Lipinski definition) is 0. The van der Waals surface area contributed by atoms with Crippen molar-refractivity contribution in [3.63, 3.8) is 0 Å². The molecule has 0 saturated heterocycles. The number of carbonyl (C=O) groups excluding carboxylic acids is 1. The molecule has 0 spiro atoms. The molecule has 0 atom stereocenters. The average Bonchev–Trinajstić information content (AvgIpc) is 2.40. The van der Waals surface area contributed by atoms with E-state index in [1.165, 1.54) is 6.07 Å². The lowest BCUT2D eigenvalue weighted by molar-refractivity contribution is -0.255. The third kappa shape index (κ3) is 3.13. The monoisotopic (exact) mass is 255 g/mol. The molecule has 3 heteroatoms. The number of hydrogen-bond acceptors (Lipinski definition) is 3. The van der Waals surface area contributed by atoms with Gasteiger partial charge in [-0.1, -0.05) is 36.4 Å². The first-order valence-electron chi connectivity index (χ1n) is 6.07. The van der Waals surface area contributed by atoms with E-state index in [0.29, 0.717) is 5.56 Å². The van der Waals surface area contributed by atoms with E-state index in [2.05, 4.69) is 0 Å². The van der Waals surface area contributed by atoms with Crippen molar-refractivity contribution in [2.75, 3.05) is 0 Å². The summed E-state index contributed by atoms with van der Waals surface area (Å²) in [5.74, 6) is -0.409. The maximum atomic E-state index is 11.0. The molecule has 2 aromatic carbocycles. The van der Waals surface area contributed by atoms with Crippen LogP contribution in [0.15, 0.2) is 42.5 Å². The zero-order valence-electron chi connectivity index (χ0n) is 11.0. The molecular formula is C16H15O3-. The lowest BCUT2D eigenvalue weighted by Gasteiger charge is -2.13. The first-order valence-corrected chi connectivity index (χ1v) is 6.07. The van der Waals surface area contributed by atoms with Gasteiger partial charge < -0.3 is 14.6 Å². The summed E-state index contributed by atoms with van der Waals surface area (Å²) in [7, 11) is 0. The van der Waals surface area contributed by atoms with Crippen LogP contribution in [0.25, 0.3) is 0 Å². The standard InChI is InChI=1S/C16H16O3/c1-11-7-8-12(2)15(9-11)19-10-13-5-3-4-6-14(13)16(17)18/h3-9H,10H2,1-2H3,(H,17,18)/p-1. The highest BCUT2D eigenvalue weighted by Crippen LogP contribution is 2.21. The van der Waals surface area contributed by atoms with Gasteiger partial charge in [-0.15, -0.1) is 0 Å². The minimum absolute atomic E-state index is 0.174. The van der Waals surface area contributed by atoms with E-state index in [0.717, 1.165) is 16.9 Å². The van der Waals surface area contributed by atoms with Gasteiger partial charge in [-0.2, -0.15) is 0 Å². The minimum Gasteiger partial charge on any atom is -0.545 e. The van der Waals surface area contributed by atoms with Crippen LogP contribution in [0.4, 0.5) is 0 Å². The highest BCUT2D eigenvalue weighted by Gasteiger charge is 2.05. The normalized spacial score (nSPS) is 10.2. The molecule has 0 fully saturated rings. The van der Waals surface area contributed by atoms with Crippen molar-refractivity contribution in [2.24, 2.45) is 0 Å². The summed E-state index contributed by atoms with van der Waals surface area (Å²) in [6, 6.07) is 12.7. The largest absolute Gasteiger partial charge is 0.545 e. The van der Waals surface area contributed by atoms with Crippen LogP contribution in [0.1, 0.15) is 27.0 Å². The molecule has 0 heterocycles. The predicted octanol–water partition coefficient (Wildman–Crippen LogP) is 2.25. The van der Waals surface area contributed by atoms with Gasteiger partial charge >= 0.3 is 0 Å². The molecule has 0 aliphatic carbocycles. The Morgan fingerprint density at radius 1 is 1.16 bits per heavy atom. The number of ether oxygens (including phenoxy) is 1. The Kier molecular flexibility index (Phi) is 3.85. The smallest absolute Gasteiger partial charge is 0.122 e. The lowest BCUT2D eigenvalue weighted by Crippen LogP contribution is -2.24. The molecule has 0 amide bonds. The topological polar surface area (TPSA) is 49.4 Å². The lowest BCUT2D eigenvalue weighted by atomic mass is 10.1. The SMILES string of the molecule is Cc1ccc(C)c(OCc2ccccc2C(=O)[O-])c1. The maximum Gasteiger partial charge on any atom is 0.122 e. The van der Waals surface area contributed by atoms with Gasteiger partial charge in [-0.3, -0.25) is 0 Å². The number of carbonyl (C=O) groups is 1. The van der Waals surface area contributed by atoms with Crippen molar-refractivity contribution in [2.45, 2.75) is 20.5 Å². The van der Waals surface area contributed by atoms with Crippen molar-refractivity contribution in [1.29, 1.82) is 0 Å². The molecule has 0 radical (unpaired) electrons. The van der Waals surface area contributed by atoms with E-state index < -0.39 is 5.97 Å². The van der Waals surface area contributed by atoms with E-state index in [-0.39, 0.29) is 12.2 Å². The number of aromatic carboxylic acids is 1. The van der Waals surface area contributed by atoms with E-state index >= 15 is 0 Å². The Bertz CT molecular complexity index is 603. The van der Waals surface area contributed by atoms with Crippen LogP contribution in [-0.2, 0) is 6.61 Å². The number of rotatable bonds is 4. The summed E-state index contributed by atoms with van der Waals surface area (Å²) >= 11 is 0. The van der Waals surface area contributed by atoms with Crippen molar-refractivity contribution in [1.82, 2.24) is 0 Å². The average molecular weight is 255 g/mol. The van der Waals surface area contributed by atoms with Gasteiger partial charge in [0, 0.05) is 5.56 Å². The fourth-order valence-electron chi connectivity index (χ4n) is 1.86. The Labute approximate surface area is 112 Å². The van der Waals surface area contributed by atoms with Gasteiger partial charge in [0.15, 0.2) is 0 Å². The van der Waals surface area contributed by atoms with Crippen molar-refractivity contribution in [3.8, 4) is 5.75 Å². The molecule has 19 heavy (non-hydrogen) atoms. The second kappa shape index (κ2) is 5.57. The van der Waals surface area contributed by atoms with Crippen LogP contribution in [0, 0.1) is 13.8 Å². The zero-order valence-corrected chi connectivity index (χ0v) is 11.0. The Balaban J connectivity index is 2.19. The fraction of sp³-hybridized carbons (Fsp3) is 0.188. The molecule has 2 rings (SSSR count). The maximum absolute atomic E-state index is 11.0. The highest BCUT2D eigenvalue weighted by atomic mass is 16.5. The van der Waals surface area contributed by atoms with Crippen LogP contribution >= 0.6 is 0 Å². The fourth-order valence-corrected chi connectivity index (χ4v) is 1.86. The van der Waals surface area contributed by atoms with Gasteiger partial charge in [-0.25, -0.2) is 0 Å². The molecule has 2 aromatic rings. The molecule has 0 aromatic heterocycles. The molecule has 0 bridgehead atoms. The van der Waals surface area contributed by atoms with Gasteiger partial charge in [-0.05, 0) is 36.6 Å². The predicted molar refractivity (Wildman–Crippen MR) is 71.0 cm³/mol.